The molecule has 0 saturated carbocycles. The van der Waals surface area contributed by atoms with Gasteiger partial charge in [-0.2, -0.15) is 0 Å². The number of fused-ring (bicyclic) bond motifs is 1. The van der Waals surface area contributed by atoms with E-state index in [9.17, 15) is 8.78 Å². The fraction of sp³-hybridized carbons (Fsp3) is 0.333. The number of nitrogen functional groups attached to an aromatic ring is 1. The van der Waals surface area contributed by atoms with Crippen LogP contribution in [0.15, 0.2) is 30.3 Å². The lowest BCUT2D eigenvalue weighted by Crippen LogP contribution is -2.17. The molecule has 2 aromatic carbocycles. The molecular weight excluding hydrogens is 340 g/mol. The molecule has 4 heteroatoms. The van der Waals surface area contributed by atoms with Crippen molar-refractivity contribution in [1.29, 1.82) is 0 Å². The minimum Gasteiger partial charge on any atom is -0.399 e. The van der Waals surface area contributed by atoms with Crippen LogP contribution in [-0.4, -0.2) is 0 Å². The summed E-state index contributed by atoms with van der Waals surface area (Å²) in [4.78, 5) is 0. The third kappa shape index (κ3) is 4.32. The molecule has 1 nitrogen and oxygen atoms in total. The molecule has 0 fully saturated rings. The topological polar surface area (TPSA) is 26.0 Å². The van der Waals surface area contributed by atoms with E-state index in [-0.39, 0.29) is 18.0 Å². The van der Waals surface area contributed by atoms with Crippen LogP contribution >= 0.6 is 12.4 Å². The van der Waals surface area contributed by atoms with Crippen LogP contribution in [-0.2, 0) is 12.8 Å². The molecule has 2 N–H and O–H groups in total. The number of anilines is 1. The average Bonchev–Trinajstić information content (AvgIpc) is 2.56. The van der Waals surface area contributed by atoms with Crippen molar-refractivity contribution >= 4 is 18.1 Å². The van der Waals surface area contributed by atoms with E-state index in [1.54, 1.807) is 24.3 Å². The van der Waals surface area contributed by atoms with Gasteiger partial charge in [-0.05, 0) is 66.6 Å². The first kappa shape index (κ1) is 19.3. The zero-order valence-electron chi connectivity index (χ0n) is 14.2. The summed E-state index contributed by atoms with van der Waals surface area (Å²) in [5, 5.41) is 0. The lowest BCUT2D eigenvalue weighted by molar-refractivity contribution is 0.411. The highest BCUT2D eigenvalue weighted by Crippen LogP contribution is 2.32. The summed E-state index contributed by atoms with van der Waals surface area (Å²) in [6.07, 6.45) is 4.62. The number of nitrogens with two attached hydrogens (primary N) is 1. The summed E-state index contributed by atoms with van der Waals surface area (Å²) < 4.78 is 29.1. The highest BCUT2D eigenvalue weighted by molar-refractivity contribution is 5.85. The third-order valence-corrected chi connectivity index (χ3v) is 4.66. The molecule has 25 heavy (non-hydrogen) atoms. The largest absolute Gasteiger partial charge is 0.399 e. The number of hydrogen-bond acceptors (Lipinski definition) is 1. The molecule has 0 spiro atoms. The Kier molecular flexibility index (Phi) is 6.45. The van der Waals surface area contributed by atoms with Gasteiger partial charge in [0.2, 0.25) is 0 Å². The zero-order chi connectivity index (χ0) is 17.1. The van der Waals surface area contributed by atoms with Gasteiger partial charge in [-0.25, -0.2) is 8.78 Å². The van der Waals surface area contributed by atoms with Gasteiger partial charge in [0, 0.05) is 11.3 Å². The second-order valence-corrected chi connectivity index (χ2v) is 6.45. The Balaban J connectivity index is 0.00000225. The highest BCUT2D eigenvalue weighted by atomic mass is 35.5. The quantitative estimate of drug-likeness (QED) is 0.572. The van der Waals surface area contributed by atoms with Gasteiger partial charge < -0.3 is 5.73 Å². The predicted octanol–water partition coefficient (Wildman–Crippen LogP) is 5.27. The smallest absolute Gasteiger partial charge is 0.145 e. The number of hydrogen-bond donors (Lipinski definition) is 1. The van der Waals surface area contributed by atoms with Crippen molar-refractivity contribution in [3.05, 3.63) is 64.2 Å². The van der Waals surface area contributed by atoms with Crippen molar-refractivity contribution in [1.82, 2.24) is 0 Å². The van der Waals surface area contributed by atoms with Gasteiger partial charge in [0.25, 0.3) is 0 Å². The normalized spacial score (nSPS) is 15.6. The van der Waals surface area contributed by atoms with Crippen LogP contribution in [0.3, 0.4) is 0 Å². The van der Waals surface area contributed by atoms with Crippen molar-refractivity contribution in [3.63, 3.8) is 0 Å². The first-order valence-corrected chi connectivity index (χ1v) is 8.45. The van der Waals surface area contributed by atoms with E-state index in [4.69, 9.17) is 5.73 Å². The maximum absolute atomic E-state index is 14.7. The number of halogens is 3. The molecule has 1 unspecified atom stereocenters. The molecular formula is C21H22ClF2N. The van der Waals surface area contributed by atoms with Crippen LogP contribution in [0.4, 0.5) is 14.5 Å². The Morgan fingerprint density at radius 3 is 2.56 bits per heavy atom. The van der Waals surface area contributed by atoms with Crippen LogP contribution in [0, 0.1) is 29.4 Å². The molecule has 1 aliphatic rings. The van der Waals surface area contributed by atoms with E-state index in [2.05, 4.69) is 18.8 Å². The molecule has 1 aliphatic carbocycles. The molecule has 0 heterocycles. The monoisotopic (exact) mass is 361 g/mol. The first-order valence-electron chi connectivity index (χ1n) is 8.45. The minimum absolute atomic E-state index is 0. The standard InChI is InChI=1S/C21H21F2N.ClH/c1-2-3-15-7-10-18-16(12-15)13-20(22)19(21(18)23)11-6-14-4-8-17(24)9-5-14;/h4-5,8-9,13,15H,2-3,7,10,12,24H2,1H3;1H. The van der Waals surface area contributed by atoms with Crippen molar-refractivity contribution in [2.45, 2.75) is 39.0 Å². The van der Waals surface area contributed by atoms with E-state index in [0.29, 0.717) is 29.2 Å². The van der Waals surface area contributed by atoms with Gasteiger partial charge in [-0.1, -0.05) is 31.6 Å². The van der Waals surface area contributed by atoms with E-state index < -0.39 is 11.6 Å². The molecule has 132 valence electrons. The summed E-state index contributed by atoms with van der Waals surface area (Å²) in [5.41, 5.74) is 8.27. The molecule has 3 rings (SSSR count). The molecule has 0 radical (unpaired) electrons. The van der Waals surface area contributed by atoms with Crippen molar-refractivity contribution < 1.29 is 8.78 Å². The van der Waals surface area contributed by atoms with E-state index in [1.165, 1.54) is 6.07 Å². The second kappa shape index (κ2) is 8.36. The summed E-state index contributed by atoms with van der Waals surface area (Å²) in [6, 6.07) is 8.40. The molecule has 2 aromatic rings. The molecule has 0 aromatic heterocycles. The van der Waals surface area contributed by atoms with Gasteiger partial charge in [-0.3, -0.25) is 0 Å². The third-order valence-electron chi connectivity index (χ3n) is 4.66. The van der Waals surface area contributed by atoms with Gasteiger partial charge in [0.05, 0.1) is 5.56 Å². The highest BCUT2D eigenvalue weighted by Gasteiger charge is 2.24. The molecule has 0 amide bonds. The van der Waals surface area contributed by atoms with Gasteiger partial charge in [0.15, 0.2) is 0 Å². The summed E-state index contributed by atoms with van der Waals surface area (Å²) in [5.74, 6) is 4.97. The Morgan fingerprint density at radius 2 is 1.88 bits per heavy atom. The number of benzene rings is 2. The number of rotatable bonds is 2. The Bertz CT molecular complexity index is 803. The molecule has 0 bridgehead atoms. The van der Waals surface area contributed by atoms with Gasteiger partial charge >= 0.3 is 0 Å². The predicted molar refractivity (Wildman–Crippen MR) is 101 cm³/mol. The summed E-state index contributed by atoms with van der Waals surface area (Å²) >= 11 is 0. The minimum atomic E-state index is -0.564. The Morgan fingerprint density at radius 1 is 1.16 bits per heavy atom. The van der Waals surface area contributed by atoms with Crippen LogP contribution < -0.4 is 5.73 Å². The fourth-order valence-corrected chi connectivity index (χ4v) is 3.39. The second-order valence-electron chi connectivity index (χ2n) is 6.45. The zero-order valence-corrected chi connectivity index (χ0v) is 15.1. The van der Waals surface area contributed by atoms with E-state index in [0.717, 1.165) is 31.2 Å². The van der Waals surface area contributed by atoms with Crippen LogP contribution in [0.1, 0.15) is 48.4 Å². The first-order chi connectivity index (χ1) is 11.6. The fourth-order valence-electron chi connectivity index (χ4n) is 3.39. The van der Waals surface area contributed by atoms with Crippen LogP contribution in [0.2, 0.25) is 0 Å². The van der Waals surface area contributed by atoms with Crippen molar-refractivity contribution in [2.24, 2.45) is 5.92 Å². The summed E-state index contributed by atoms with van der Waals surface area (Å²) in [7, 11) is 0. The van der Waals surface area contributed by atoms with Gasteiger partial charge in [-0.15, -0.1) is 12.4 Å². The molecule has 1 atom stereocenters. The van der Waals surface area contributed by atoms with Crippen molar-refractivity contribution in [2.75, 3.05) is 5.73 Å². The lowest BCUT2D eigenvalue weighted by Gasteiger charge is -2.25. The molecule has 0 aliphatic heterocycles. The van der Waals surface area contributed by atoms with Crippen LogP contribution in [0.5, 0.6) is 0 Å². The van der Waals surface area contributed by atoms with E-state index >= 15 is 0 Å². The average molecular weight is 362 g/mol. The maximum atomic E-state index is 14.7. The maximum Gasteiger partial charge on any atom is 0.145 e. The molecule has 0 saturated heterocycles. The van der Waals surface area contributed by atoms with E-state index in [1.807, 2.05) is 0 Å². The SMILES string of the molecule is CCCC1CCc2c(cc(F)c(C#Cc3ccc(N)cc3)c2F)C1.Cl. The van der Waals surface area contributed by atoms with Gasteiger partial charge in [0.1, 0.15) is 11.6 Å². The summed E-state index contributed by atoms with van der Waals surface area (Å²) in [6.45, 7) is 2.15. The van der Waals surface area contributed by atoms with Crippen LogP contribution in [0.25, 0.3) is 0 Å². The Hall–Kier alpha value is -2.05. The lowest BCUT2D eigenvalue weighted by atomic mass is 9.81. The van der Waals surface area contributed by atoms with Crippen molar-refractivity contribution in [3.8, 4) is 11.8 Å². The Labute approximate surface area is 154 Å².